The molecule has 0 radical (unpaired) electrons. The predicted octanol–water partition coefficient (Wildman–Crippen LogP) is 0.645. The van der Waals surface area contributed by atoms with Crippen molar-refractivity contribution in [3.8, 4) is 0 Å². The van der Waals surface area contributed by atoms with Crippen LogP contribution in [-0.4, -0.2) is 67.1 Å². The highest BCUT2D eigenvalue weighted by atomic mass is 16.1. The van der Waals surface area contributed by atoms with Crippen molar-refractivity contribution in [2.24, 2.45) is 11.7 Å². The number of hydrogen-bond acceptors (Lipinski definition) is 4. The highest BCUT2D eigenvalue weighted by molar-refractivity contribution is 5.85. The van der Waals surface area contributed by atoms with Crippen molar-refractivity contribution in [2.75, 3.05) is 33.7 Å². The van der Waals surface area contributed by atoms with E-state index in [0.717, 1.165) is 31.7 Å². The van der Waals surface area contributed by atoms with Crippen molar-refractivity contribution in [3.05, 3.63) is 0 Å². The topological polar surface area (TPSA) is 61.6 Å². The van der Waals surface area contributed by atoms with E-state index < -0.39 is 5.54 Å². The number of likely N-dealkylation sites (tertiary alicyclic amines) is 1. The third-order valence-electron chi connectivity index (χ3n) is 5.18. The summed E-state index contributed by atoms with van der Waals surface area (Å²) in [6.07, 6.45) is 4.06. The van der Waals surface area contributed by atoms with E-state index in [1.165, 1.54) is 19.5 Å². The Hall–Kier alpha value is -0.650. The van der Waals surface area contributed by atoms with Gasteiger partial charge in [-0.1, -0.05) is 0 Å². The quantitative estimate of drug-likeness (QED) is 0.755. The molecule has 0 aromatic carbocycles. The Bertz CT molecular complexity index is 373. The molecule has 1 heterocycles. The van der Waals surface area contributed by atoms with Crippen LogP contribution in [0.1, 0.15) is 39.5 Å². The summed E-state index contributed by atoms with van der Waals surface area (Å²) in [5.41, 5.74) is 5.20. The van der Waals surface area contributed by atoms with Crippen LogP contribution in [-0.2, 0) is 4.79 Å². The van der Waals surface area contributed by atoms with Gasteiger partial charge in [0.05, 0.1) is 5.54 Å². The van der Waals surface area contributed by atoms with E-state index in [4.69, 9.17) is 5.73 Å². The van der Waals surface area contributed by atoms with Crippen LogP contribution < -0.4 is 11.1 Å². The molecule has 1 amide bonds. The first-order valence-electron chi connectivity index (χ1n) is 8.29. The van der Waals surface area contributed by atoms with Gasteiger partial charge in [-0.2, -0.15) is 0 Å². The Morgan fingerprint density at radius 2 is 2.19 bits per heavy atom. The standard InChI is InChI=1S/C16H32N4O/c1-12(2)18-16(15(17)21)7-5-14(9-16)20(4)11-13-6-8-19(3)10-13/h12-14,18H,5-11H2,1-4H3,(H2,17,21). The average molecular weight is 296 g/mol. The second-order valence-electron chi connectivity index (χ2n) is 7.50. The van der Waals surface area contributed by atoms with E-state index in [9.17, 15) is 4.79 Å². The first kappa shape index (κ1) is 16.7. The average Bonchev–Trinajstić information content (AvgIpc) is 2.96. The lowest BCUT2D eigenvalue weighted by Gasteiger charge is -2.32. The SMILES string of the molecule is CC(C)NC1(C(N)=O)CCC(N(C)CC2CCN(C)C2)C1. The van der Waals surface area contributed by atoms with Crippen LogP contribution in [0.5, 0.6) is 0 Å². The van der Waals surface area contributed by atoms with Gasteiger partial charge in [-0.3, -0.25) is 4.79 Å². The van der Waals surface area contributed by atoms with Crippen LogP contribution in [0, 0.1) is 5.92 Å². The van der Waals surface area contributed by atoms with Gasteiger partial charge in [0.15, 0.2) is 0 Å². The highest BCUT2D eigenvalue weighted by Gasteiger charge is 2.45. The molecule has 1 aliphatic heterocycles. The molecule has 0 spiro atoms. The lowest BCUT2D eigenvalue weighted by Crippen LogP contribution is -2.56. The molecule has 21 heavy (non-hydrogen) atoms. The van der Waals surface area contributed by atoms with Gasteiger partial charge in [0.1, 0.15) is 0 Å². The molecule has 122 valence electrons. The smallest absolute Gasteiger partial charge is 0.237 e. The fraction of sp³-hybridized carbons (Fsp3) is 0.938. The summed E-state index contributed by atoms with van der Waals surface area (Å²) in [5.74, 6) is 0.578. The van der Waals surface area contributed by atoms with Crippen LogP contribution >= 0.6 is 0 Å². The van der Waals surface area contributed by atoms with Gasteiger partial charge in [0.25, 0.3) is 0 Å². The minimum absolute atomic E-state index is 0.187. The van der Waals surface area contributed by atoms with E-state index in [0.29, 0.717) is 6.04 Å². The summed E-state index contributed by atoms with van der Waals surface area (Å²) in [6.45, 7) is 7.70. The number of primary amides is 1. The maximum Gasteiger partial charge on any atom is 0.237 e. The van der Waals surface area contributed by atoms with E-state index in [1.54, 1.807) is 0 Å². The number of rotatable bonds is 6. The first-order valence-corrected chi connectivity index (χ1v) is 8.29. The Morgan fingerprint density at radius 3 is 2.71 bits per heavy atom. The zero-order valence-corrected chi connectivity index (χ0v) is 14.1. The van der Waals surface area contributed by atoms with Crippen LogP contribution in [0.15, 0.2) is 0 Å². The molecular formula is C16H32N4O. The van der Waals surface area contributed by atoms with Crippen LogP contribution in [0.3, 0.4) is 0 Å². The highest BCUT2D eigenvalue weighted by Crippen LogP contribution is 2.33. The molecule has 3 atom stereocenters. The number of carbonyl (C=O) groups is 1. The maximum atomic E-state index is 11.9. The summed E-state index contributed by atoms with van der Waals surface area (Å²) in [5, 5.41) is 3.43. The largest absolute Gasteiger partial charge is 0.368 e. The van der Waals surface area contributed by atoms with Crippen molar-refractivity contribution >= 4 is 5.91 Å². The number of nitrogens with zero attached hydrogens (tertiary/aromatic N) is 2. The van der Waals surface area contributed by atoms with Gasteiger partial charge < -0.3 is 20.9 Å². The summed E-state index contributed by atoms with van der Waals surface area (Å²) in [6, 6.07) is 0.750. The molecule has 0 aromatic heterocycles. The third-order valence-corrected chi connectivity index (χ3v) is 5.18. The Balaban J connectivity index is 1.91. The molecule has 5 heteroatoms. The lowest BCUT2D eigenvalue weighted by molar-refractivity contribution is -0.124. The van der Waals surface area contributed by atoms with Crippen molar-refractivity contribution in [3.63, 3.8) is 0 Å². The fourth-order valence-corrected chi connectivity index (χ4v) is 4.11. The van der Waals surface area contributed by atoms with Gasteiger partial charge in [-0.05, 0) is 66.1 Å². The van der Waals surface area contributed by atoms with E-state index in [1.807, 2.05) is 0 Å². The summed E-state index contributed by atoms with van der Waals surface area (Å²) in [4.78, 5) is 16.8. The molecule has 1 aliphatic carbocycles. The van der Waals surface area contributed by atoms with Crippen LogP contribution in [0.2, 0.25) is 0 Å². The zero-order valence-electron chi connectivity index (χ0n) is 14.1. The van der Waals surface area contributed by atoms with Gasteiger partial charge in [0, 0.05) is 25.2 Å². The van der Waals surface area contributed by atoms with Crippen molar-refractivity contribution in [1.29, 1.82) is 0 Å². The number of carbonyl (C=O) groups excluding carboxylic acids is 1. The zero-order chi connectivity index (χ0) is 15.6. The molecule has 0 aromatic rings. The van der Waals surface area contributed by atoms with Crippen molar-refractivity contribution in [2.45, 2.75) is 57.2 Å². The number of nitrogens with one attached hydrogen (secondary N) is 1. The normalized spacial score (nSPS) is 34.2. The third kappa shape index (κ3) is 3.96. The van der Waals surface area contributed by atoms with Gasteiger partial charge >= 0.3 is 0 Å². The molecule has 2 rings (SSSR count). The molecule has 1 saturated heterocycles. The van der Waals surface area contributed by atoms with Crippen molar-refractivity contribution < 1.29 is 4.79 Å². The number of amides is 1. The molecule has 1 saturated carbocycles. The number of nitrogens with two attached hydrogens (primary N) is 1. The van der Waals surface area contributed by atoms with Gasteiger partial charge in [-0.25, -0.2) is 0 Å². The van der Waals surface area contributed by atoms with E-state index in [-0.39, 0.29) is 11.9 Å². The molecule has 3 N–H and O–H groups in total. The molecule has 0 bridgehead atoms. The van der Waals surface area contributed by atoms with Gasteiger partial charge in [-0.15, -0.1) is 0 Å². The van der Waals surface area contributed by atoms with Crippen molar-refractivity contribution in [1.82, 2.24) is 15.1 Å². The molecule has 5 nitrogen and oxygen atoms in total. The van der Waals surface area contributed by atoms with E-state index >= 15 is 0 Å². The van der Waals surface area contributed by atoms with Gasteiger partial charge in [0.2, 0.25) is 5.91 Å². The fourth-order valence-electron chi connectivity index (χ4n) is 4.11. The maximum absolute atomic E-state index is 11.9. The Labute approximate surface area is 129 Å². The Kier molecular flexibility index (Phi) is 5.28. The molecular weight excluding hydrogens is 264 g/mol. The lowest BCUT2D eigenvalue weighted by atomic mass is 9.95. The minimum atomic E-state index is -0.500. The monoisotopic (exact) mass is 296 g/mol. The first-order chi connectivity index (χ1) is 9.82. The number of hydrogen-bond donors (Lipinski definition) is 2. The Morgan fingerprint density at radius 1 is 1.48 bits per heavy atom. The van der Waals surface area contributed by atoms with Crippen LogP contribution in [0.25, 0.3) is 0 Å². The van der Waals surface area contributed by atoms with Crippen LogP contribution in [0.4, 0.5) is 0 Å². The minimum Gasteiger partial charge on any atom is -0.368 e. The predicted molar refractivity (Wildman–Crippen MR) is 86.1 cm³/mol. The second-order valence-corrected chi connectivity index (χ2v) is 7.50. The van der Waals surface area contributed by atoms with E-state index in [2.05, 4.69) is 43.1 Å². The molecule has 3 unspecified atom stereocenters. The summed E-state index contributed by atoms with van der Waals surface area (Å²) < 4.78 is 0. The molecule has 2 aliphatic rings. The summed E-state index contributed by atoms with van der Waals surface area (Å²) in [7, 11) is 4.40. The summed E-state index contributed by atoms with van der Waals surface area (Å²) >= 11 is 0. The molecule has 2 fully saturated rings. The second kappa shape index (κ2) is 6.63.